The monoisotopic (exact) mass is 329 g/mol. The summed E-state index contributed by atoms with van der Waals surface area (Å²) in [5, 5.41) is 2.91. The van der Waals surface area contributed by atoms with Crippen molar-refractivity contribution in [3.05, 3.63) is 41.5 Å². The first kappa shape index (κ1) is 15.2. The lowest BCUT2D eigenvalue weighted by Gasteiger charge is -2.12. The number of benzene rings is 2. The van der Waals surface area contributed by atoms with Crippen LogP contribution in [0.15, 0.2) is 30.3 Å². The Labute approximate surface area is 137 Å². The highest BCUT2D eigenvalue weighted by atomic mass is 32.1. The van der Waals surface area contributed by atoms with E-state index < -0.39 is 0 Å². The zero-order valence-electron chi connectivity index (χ0n) is 12.9. The number of ether oxygens (including phenoxy) is 2. The third-order valence-electron chi connectivity index (χ3n) is 3.53. The van der Waals surface area contributed by atoms with Crippen LogP contribution in [0.1, 0.15) is 15.9 Å². The van der Waals surface area contributed by atoms with Crippen LogP contribution in [0, 0.1) is 6.92 Å². The minimum atomic E-state index is -0.270. The Kier molecular flexibility index (Phi) is 4.12. The van der Waals surface area contributed by atoms with Crippen LogP contribution in [0.2, 0.25) is 0 Å². The van der Waals surface area contributed by atoms with E-state index in [1.54, 1.807) is 25.3 Å². The standard InChI is InChI=1S/C16H15N3O3S/c1-9-4-7-12-15(19-23-18-12)14(9)17-16(20)11-6-5-10(21-2)8-13(11)22-3/h4-8H,1-3H3,(H,17,20). The van der Waals surface area contributed by atoms with Crippen molar-refractivity contribution in [2.75, 3.05) is 19.5 Å². The number of anilines is 1. The van der Waals surface area contributed by atoms with Crippen LogP contribution in [0.5, 0.6) is 11.5 Å². The largest absolute Gasteiger partial charge is 0.497 e. The smallest absolute Gasteiger partial charge is 0.259 e. The first-order valence-electron chi connectivity index (χ1n) is 6.89. The van der Waals surface area contributed by atoms with Gasteiger partial charge in [0.15, 0.2) is 0 Å². The fourth-order valence-corrected chi connectivity index (χ4v) is 2.82. The number of carbonyl (C=O) groups is 1. The van der Waals surface area contributed by atoms with E-state index in [-0.39, 0.29) is 5.91 Å². The lowest BCUT2D eigenvalue weighted by Crippen LogP contribution is -2.14. The maximum atomic E-state index is 12.6. The summed E-state index contributed by atoms with van der Waals surface area (Å²) in [4.78, 5) is 12.6. The first-order chi connectivity index (χ1) is 11.1. The van der Waals surface area contributed by atoms with Crippen LogP contribution < -0.4 is 14.8 Å². The summed E-state index contributed by atoms with van der Waals surface area (Å²) < 4.78 is 18.9. The van der Waals surface area contributed by atoms with Gasteiger partial charge in [-0.1, -0.05) is 6.07 Å². The Bertz CT molecular complexity index is 876. The minimum Gasteiger partial charge on any atom is -0.497 e. The van der Waals surface area contributed by atoms with Gasteiger partial charge in [-0.05, 0) is 30.7 Å². The van der Waals surface area contributed by atoms with Gasteiger partial charge in [-0.25, -0.2) is 0 Å². The van der Waals surface area contributed by atoms with Crippen molar-refractivity contribution >= 4 is 34.4 Å². The van der Waals surface area contributed by atoms with Crippen molar-refractivity contribution in [2.24, 2.45) is 0 Å². The van der Waals surface area contributed by atoms with E-state index in [4.69, 9.17) is 9.47 Å². The molecule has 3 aromatic rings. The molecule has 1 N–H and O–H groups in total. The number of carbonyl (C=O) groups excluding carboxylic acids is 1. The molecule has 0 spiro atoms. The third kappa shape index (κ3) is 2.83. The van der Waals surface area contributed by atoms with Gasteiger partial charge in [0.05, 0.1) is 37.2 Å². The number of fused-ring (bicyclic) bond motifs is 1. The molecule has 6 nitrogen and oxygen atoms in total. The second-order valence-corrected chi connectivity index (χ2v) is 5.44. The Hall–Kier alpha value is -2.67. The number of aryl methyl sites for hydroxylation is 1. The van der Waals surface area contributed by atoms with E-state index in [2.05, 4.69) is 14.1 Å². The highest BCUT2D eigenvalue weighted by molar-refractivity contribution is 7.00. The number of amides is 1. The van der Waals surface area contributed by atoms with E-state index >= 15 is 0 Å². The summed E-state index contributed by atoms with van der Waals surface area (Å²) in [7, 11) is 3.08. The van der Waals surface area contributed by atoms with Crippen LogP contribution in [0.3, 0.4) is 0 Å². The molecule has 118 valence electrons. The average Bonchev–Trinajstić information content (AvgIpc) is 3.05. The molecule has 0 saturated carbocycles. The van der Waals surface area contributed by atoms with Gasteiger partial charge >= 0.3 is 0 Å². The molecule has 0 bridgehead atoms. The molecular weight excluding hydrogens is 314 g/mol. The van der Waals surface area contributed by atoms with Gasteiger partial charge in [0.25, 0.3) is 5.91 Å². The predicted octanol–water partition coefficient (Wildman–Crippen LogP) is 3.27. The van der Waals surface area contributed by atoms with E-state index in [1.165, 1.54) is 7.11 Å². The molecular formula is C16H15N3O3S. The van der Waals surface area contributed by atoms with Crippen LogP contribution in [0.25, 0.3) is 11.0 Å². The summed E-state index contributed by atoms with van der Waals surface area (Å²) in [6, 6.07) is 8.85. The number of methoxy groups -OCH3 is 2. The summed E-state index contributed by atoms with van der Waals surface area (Å²) in [6.07, 6.45) is 0. The summed E-state index contributed by atoms with van der Waals surface area (Å²) >= 11 is 1.12. The zero-order valence-corrected chi connectivity index (χ0v) is 13.7. The number of nitrogens with zero attached hydrogens (tertiary/aromatic N) is 2. The molecule has 0 aliphatic rings. The highest BCUT2D eigenvalue weighted by Crippen LogP contribution is 2.29. The van der Waals surface area contributed by atoms with E-state index in [0.717, 1.165) is 22.8 Å². The van der Waals surface area contributed by atoms with Crippen molar-refractivity contribution < 1.29 is 14.3 Å². The van der Waals surface area contributed by atoms with Crippen LogP contribution in [-0.2, 0) is 0 Å². The normalized spacial score (nSPS) is 10.6. The van der Waals surface area contributed by atoms with Crippen molar-refractivity contribution in [3.8, 4) is 11.5 Å². The molecule has 1 amide bonds. The second kappa shape index (κ2) is 6.21. The van der Waals surface area contributed by atoms with Crippen molar-refractivity contribution in [1.29, 1.82) is 0 Å². The molecule has 0 radical (unpaired) electrons. The lowest BCUT2D eigenvalue weighted by molar-refractivity contribution is 0.102. The maximum absolute atomic E-state index is 12.6. The summed E-state index contributed by atoms with van der Waals surface area (Å²) in [6.45, 7) is 1.92. The SMILES string of the molecule is COc1ccc(C(=O)Nc2c(C)ccc3nsnc23)c(OC)c1. The molecule has 0 fully saturated rings. The molecule has 3 rings (SSSR count). The number of hydrogen-bond acceptors (Lipinski definition) is 6. The van der Waals surface area contributed by atoms with Gasteiger partial charge in [0.1, 0.15) is 22.5 Å². The molecule has 0 aliphatic carbocycles. The van der Waals surface area contributed by atoms with Crippen LogP contribution >= 0.6 is 11.7 Å². The van der Waals surface area contributed by atoms with Crippen molar-refractivity contribution in [3.63, 3.8) is 0 Å². The van der Waals surface area contributed by atoms with Crippen LogP contribution in [0.4, 0.5) is 5.69 Å². The van der Waals surface area contributed by atoms with Crippen molar-refractivity contribution in [2.45, 2.75) is 6.92 Å². The van der Waals surface area contributed by atoms with Crippen molar-refractivity contribution in [1.82, 2.24) is 8.75 Å². The Morgan fingerprint density at radius 2 is 1.96 bits per heavy atom. The van der Waals surface area contributed by atoms with Crippen LogP contribution in [-0.4, -0.2) is 28.9 Å². The van der Waals surface area contributed by atoms with Gasteiger partial charge in [0.2, 0.25) is 0 Å². The first-order valence-corrected chi connectivity index (χ1v) is 7.62. The van der Waals surface area contributed by atoms with E-state index in [1.807, 2.05) is 19.1 Å². The maximum Gasteiger partial charge on any atom is 0.259 e. The molecule has 0 aliphatic heterocycles. The lowest BCUT2D eigenvalue weighted by atomic mass is 10.1. The Morgan fingerprint density at radius 1 is 1.13 bits per heavy atom. The minimum absolute atomic E-state index is 0.270. The van der Waals surface area contributed by atoms with Gasteiger partial charge in [-0.3, -0.25) is 4.79 Å². The Morgan fingerprint density at radius 3 is 2.70 bits per heavy atom. The summed E-state index contributed by atoms with van der Waals surface area (Å²) in [5.74, 6) is 0.802. The topological polar surface area (TPSA) is 73.3 Å². The molecule has 1 aromatic heterocycles. The quantitative estimate of drug-likeness (QED) is 0.795. The van der Waals surface area contributed by atoms with Gasteiger partial charge in [-0.2, -0.15) is 8.75 Å². The molecule has 23 heavy (non-hydrogen) atoms. The third-order valence-corrected chi connectivity index (χ3v) is 4.07. The number of aromatic nitrogens is 2. The molecule has 0 unspecified atom stereocenters. The highest BCUT2D eigenvalue weighted by Gasteiger charge is 2.17. The summed E-state index contributed by atoms with van der Waals surface area (Å²) in [5.41, 5.74) is 3.46. The molecule has 0 saturated heterocycles. The molecule has 1 heterocycles. The predicted molar refractivity (Wildman–Crippen MR) is 89.7 cm³/mol. The Balaban J connectivity index is 1.98. The average molecular weight is 329 g/mol. The van der Waals surface area contributed by atoms with Gasteiger partial charge in [-0.15, -0.1) is 0 Å². The molecule has 2 aromatic carbocycles. The zero-order chi connectivity index (χ0) is 16.4. The fraction of sp³-hybridized carbons (Fsp3) is 0.188. The van der Waals surface area contributed by atoms with E-state index in [0.29, 0.717) is 28.3 Å². The number of rotatable bonds is 4. The van der Waals surface area contributed by atoms with Gasteiger partial charge < -0.3 is 14.8 Å². The number of hydrogen-bond donors (Lipinski definition) is 1. The fourth-order valence-electron chi connectivity index (χ4n) is 2.28. The molecule has 7 heteroatoms. The molecule has 0 atom stereocenters. The van der Waals surface area contributed by atoms with E-state index in [9.17, 15) is 4.79 Å². The number of nitrogens with one attached hydrogen (secondary N) is 1. The second-order valence-electron chi connectivity index (χ2n) is 4.91. The van der Waals surface area contributed by atoms with Gasteiger partial charge in [0, 0.05) is 6.07 Å².